The fourth-order valence-electron chi connectivity index (χ4n) is 0.129. The molecule has 7 nitrogen and oxygen atoms in total. The van der Waals surface area contributed by atoms with Gasteiger partial charge in [0.2, 0.25) is 0 Å². The van der Waals surface area contributed by atoms with Crippen molar-refractivity contribution in [2.24, 2.45) is 5.73 Å². The van der Waals surface area contributed by atoms with E-state index >= 15 is 0 Å². The molecule has 0 saturated carbocycles. The average molecular weight is 193 g/mol. The molecule has 0 fully saturated rings. The molecule has 0 heterocycles. The third-order valence-electron chi connectivity index (χ3n) is 0.692. The van der Waals surface area contributed by atoms with E-state index in [2.05, 4.69) is 0 Å². The zero-order valence-electron chi connectivity index (χ0n) is 6.93. The third kappa shape index (κ3) is 17.9. The van der Waals surface area contributed by atoms with Crippen LogP contribution in [0, 0.1) is 0 Å². The van der Waals surface area contributed by atoms with Gasteiger partial charge in [0.1, 0.15) is 12.5 Å². The first-order chi connectivity index (χ1) is 5.77. The van der Waals surface area contributed by atoms with Gasteiger partial charge in [-0.2, -0.15) is 0 Å². The molecule has 0 aromatic rings. The second-order valence-electron chi connectivity index (χ2n) is 2.09. The van der Waals surface area contributed by atoms with E-state index in [0.29, 0.717) is 0 Å². The summed E-state index contributed by atoms with van der Waals surface area (Å²) in [5.74, 6) is -3.59. The Morgan fingerprint density at radius 3 is 1.38 bits per heavy atom. The highest BCUT2D eigenvalue weighted by atomic mass is 16.4. The Kier molecular flexibility index (Phi) is 7.54. The zero-order chi connectivity index (χ0) is 11.0. The minimum Gasteiger partial charge on any atom is -0.481 e. The molecular formula is C6H11NO6. The monoisotopic (exact) mass is 193 g/mol. The average Bonchev–Trinajstić information content (AvgIpc) is 1.84. The number of aliphatic carboxylic acids is 3. The van der Waals surface area contributed by atoms with Crippen molar-refractivity contribution in [1.29, 1.82) is 0 Å². The fraction of sp³-hybridized carbons (Fsp3) is 0.500. The number of hydrogen-bond donors (Lipinski definition) is 4. The first kappa shape index (κ1) is 13.9. The molecule has 5 N–H and O–H groups in total. The highest BCUT2D eigenvalue weighted by molar-refractivity contribution is 5.88. The first-order valence-corrected chi connectivity index (χ1v) is 3.19. The van der Waals surface area contributed by atoms with Gasteiger partial charge in [0.05, 0.1) is 0 Å². The fourth-order valence-corrected chi connectivity index (χ4v) is 0.129. The molecule has 0 amide bonds. The van der Waals surface area contributed by atoms with E-state index in [-0.39, 0.29) is 0 Å². The van der Waals surface area contributed by atoms with Crippen molar-refractivity contribution in [3.05, 3.63) is 0 Å². The molecule has 0 saturated heterocycles. The molecule has 0 radical (unpaired) electrons. The van der Waals surface area contributed by atoms with E-state index in [1.165, 1.54) is 6.92 Å². The van der Waals surface area contributed by atoms with Crippen LogP contribution in [0.5, 0.6) is 0 Å². The molecule has 1 atom stereocenters. The van der Waals surface area contributed by atoms with Crippen molar-refractivity contribution in [1.82, 2.24) is 0 Å². The Labute approximate surface area is 73.8 Å². The van der Waals surface area contributed by atoms with Crippen LogP contribution in [0.2, 0.25) is 0 Å². The largest absolute Gasteiger partial charge is 0.481 e. The van der Waals surface area contributed by atoms with Crippen LogP contribution in [0.15, 0.2) is 0 Å². The number of rotatable bonds is 3. The molecule has 0 bridgehead atoms. The van der Waals surface area contributed by atoms with Crippen LogP contribution < -0.4 is 5.73 Å². The quantitative estimate of drug-likeness (QED) is 0.420. The normalized spacial score (nSPS) is 10.6. The lowest BCUT2D eigenvalue weighted by molar-refractivity contribution is -0.147. The molecule has 0 aromatic carbocycles. The van der Waals surface area contributed by atoms with Crippen molar-refractivity contribution in [3.63, 3.8) is 0 Å². The summed E-state index contributed by atoms with van der Waals surface area (Å²) >= 11 is 0. The van der Waals surface area contributed by atoms with E-state index in [1.54, 1.807) is 0 Å². The number of nitrogens with two attached hydrogens (primary N) is 1. The predicted molar refractivity (Wildman–Crippen MR) is 41.2 cm³/mol. The van der Waals surface area contributed by atoms with Gasteiger partial charge in [0, 0.05) is 0 Å². The Hall–Kier alpha value is -1.63. The number of carbonyl (C=O) groups is 3. The van der Waals surface area contributed by atoms with Gasteiger partial charge >= 0.3 is 17.9 Å². The minimum atomic E-state index is -1.31. The van der Waals surface area contributed by atoms with Crippen molar-refractivity contribution in [2.75, 3.05) is 0 Å². The molecule has 0 rings (SSSR count). The highest BCUT2D eigenvalue weighted by Gasteiger charge is 2.01. The van der Waals surface area contributed by atoms with Gasteiger partial charge in [-0.3, -0.25) is 14.4 Å². The van der Waals surface area contributed by atoms with Crippen molar-refractivity contribution >= 4 is 17.9 Å². The summed E-state index contributed by atoms with van der Waals surface area (Å²) in [6.07, 6.45) is -0.806. The Bertz CT molecular complexity index is 187. The second-order valence-corrected chi connectivity index (χ2v) is 2.09. The number of carboxylic acids is 3. The van der Waals surface area contributed by atoms with Crippen LogP contribution in [0.3, 0.4) is 0 Å². The maximum absolute atomic E-state index is 9.57. The SMILES string of the molecule is C[C@H](N)C(=O)O.O=C(O)CC(=O)O. The van der Waals surface area contributed by atoms with Gasteiger partial charge in [-0.15, -0.1) is 0 Å². The van der Waals surface area contributed by atoms with Crippen LogP contribution >= 0.6 is 0 Å². The second kappa shape index (κ2) is 7.04. The summed E-state index contributed by atoms with van der Waals surface area (Å²) in [5.41, 5.74) is 4.84. The molecule has 7 heteroatoms. The molecule has 0 aliphatic carbocycles. The smallest absolute Gasteiger partial charge is 0.320 e. The van der Waals surface area contributed by atoms with Crippen LogP contribution in [-0.4, -0.2) is 39.3 Å². The summed E-state index contributed by atoms with van der Waals surface area (Å²) in [7, 11) is 0. The maximum atomic E-state index is 9.57. The molecule has 13 heavy (non-hydrogen) atoms. The van der Waals surface area contributed by atoms with Crippen LogP contribution in [-0.2, 0) is 14.4 Å². The Balaban J connectivity index is 0. The van der Waals surface area contributed by atoms with Gasteiger partial charge in [-0.05, 0) is 6.92 Å². The zero-order valence-corrected chi connectivity index (χ0v) is 6.93. The van der Waals surface area contributed by atoms with Crippen LogP contribution in [0.25, 0.3) is 0 Å². The van der Waals surface area contributed by atoms with E-state index in [1.807, 2.05) is 0 Å². The van der Waals surface area contributed by atoms with Crippen molar-refractivity contribution in [3.8, 4) is 0 Å². The van der Waals surface area contributed by atoms with E-state index < -0.39 is 30.4 Å². The lowest BCUT2D eigenvalue weighted by Gasteiger charge is -1.90. The number of carboxylic acid groups (broad SMARTS) is 3. The predicted octanol–water partition coefficient (Wildman–Crippen LogP) is -1.04. The van der Waals surface area contributed by atoms with Gasteiger partial charge in [0.25, 0.3) is 0 Å². The summed E-state index contributed by atoms with van der Waals surface area (Å²) in [5, 5.41) is 23.3. The van der Waals surface area contributed by atoms with Crippen LogP contribution in [0.1, 0.15) is 13.3 Å². The Morgan fingerprint density at radius 1 is 1.15 bits per heavy atom. The molecule has 0 aliphatic heterocycles. The molecule has 76 valence electrons. The first-order valence-electron chi connectivity index (χ1n) is 3.19. The van der Waals surface area contributed by atoms with E-state index in [4.69, 9.17) is 21.1 Å². The summed E-state index contributed by atoms with van der Waals surface area (Å²) in [6.45, 7) is 1.42. The standard InChI is InChI=1S/C3H7NO2.C3H4O4/c1-2(4)3(5)6;4-2(5)1-3(6)7/h2H,4H2,1H3,(H,5,6);1H2,(H,4,5)(H,6,7)/t2-;/m0./s1. The highest BCUT2D eigenvalue weighted by Crippen LogP contribution is 1.74. The summed E-state index contributed by atoms with van der Waals surface area (Å²) in [4.78, 5) is 28.4. The third-order valence-corrected chi connectivity index (χ3v) is 0.692. The minimum absolute atomic E-state index is 0.731. The van der Waals surface area contributed by atoms with Crippen molar-refractivity contribution < 1.29 is 29.7 Å². The lowest BCUT2D eigenvalue weighted by Crippen LogP contribution is -2.25. The summed E-state index contributed by atoms with van der Waals surface area (Å²) < 4.78 is 0. The molecular weight excluding hydrogens is 182 g/mol. The maximum Gasteiger partial charge on any atom is 0.320 e. The van der Waals surface area contributed by atoms with E-state index in [9.17, 15) is 14.4 Å². The molecule has 0 aliphatic rings. The van der Waals surface area contributed by atoms with Crippen molar-refractivity contribution in [2.45, 2.75) is 19.4 Å². The number of hydrogen-bond acceptors (Lipinski definition) is 4. The van der Waals surface area contributed by atoms with Gasteiger partial charge in [-0.1, -0.05) is 0 Å². The van der Waals surface area contributed by atoms with Gasteiger partial charge in [0.15, 0.2) is 0 Å². The molecule has 0 aromatic heterocycles. The summed E-state index contributed by atoms with van der Waals surface area (Å²) in [6, 6.07) is -0.731. The molecule has 0 unspecified atom stereocenters. The topological polar surface area (TPSA) is 138 Å². The van der Waals surface area contributed by atoms with Gasteiger partial charge < -0.3 is 21.1 Å². The molecule has 0 spiro atoms. The Morgan fingerprint density at radius 2 is 1.38 bits per heavy atom. The van der Waals surface area contributed by atoms with E-state index in [0.717, 1.165) is 0 Å². The van der Waals surface area contributed by atoms with Crippen LogP contribution in [0.4, 0.5) is 0 Å². The lowest BCUT2D eigenvalue weighted by atomic mass is 10.4. The van der Waals surface area contributed by atoms with Gasteiger partial charge in [-0.25, -0.2) is 0 Å².